The van der Waals surface area contributed by atoms with Crippen molar-refractivity contribution in [1.82, 2.24) is 9.97 Å². The largest absolute Gasteiger partial charge is 0.241 e. The van der Waals surface area contributed by atoms with Gasteiger partial charge in [-0.3, -0.25) is 0 Å². The second-order valence-corrected chi connectivity index (χ2v) is 4.79. The van der Waals surface area contributed by atoms with Gasteiger partial charge in [-0.25, -0.2) is 9.97 Å². The Kier molecular flexibility index (Phi) is 3.34. The molecule has 0 spiro atoms. The van der Waals surface area contributed by atoms with Crippen LogP contribution in [0.15, 0.2) is 41.0 Å². The minimum Gasteiger partial charge on any atom is -0.241 e. The Hall–Kier alpha value is -1.22. The zero-order valence-corrected chi connectivity index (χ0v) is 10.9. The summed E-state index contributed by atoms with van der Waals surface area (Å²) in [6.45, 7) is 4.19. The lowest BCUT2D eigenvalue weighted by molar-refractivity contribution is 0.776. The Labute approximate surface area is 104 Å². The van der Waals surface area contributed by atoms with E-state index in [1.807, 2.05) is 30.5 Å². The zero-order valence-electron chi connectivity index (χ0n) is 9.31. The molecule has 0 fully saturated rings. The minimum absolute atomic E-state index is 0.349. The van der Waals surface area contributed by atoms with Gasteiger partial charge in [-0.2, -0.15) is 0 Å². The second kappa shape index (κ2) is 4.74. The lowest BCUT2D eigenvalue weighted by Crippen LogP contribution is -1.98. The van der Waals surface area contributed by atoms with Crippen molar-refractivity contribution in [2.24, 2.45) is 0 Å². The number of nitrogens with zero attached hydrogens (tertiary/aromatic N) is 2. The van der Waals surface area contributed by atoms with Gasteiger partial charge in [-0.15, -0.1) is 0 Å². The van der Waals surface area contributed by atoms with E-state index in [-0.39, 0.29) is 0 Å². The maximum absolute atomic E-state index is 4.56. The highest BCUT2D eigenvalue weighted by molar-refractivity contribution is 9.10. The van der Waals surface area contributed by atoms with E-state index in [1.54, 1.807) is 0 Å². The number of rotatable bonds is 2. The van der Waals surface area contributed by atoms with Crippen molar-refractivity contribution in [3.8, 4) is 11.3 Å². The van der Waals surface area contributed by atoms with E-state index in [4.69, 9.17) is 0 Å². The van der Waals surface area contributed by atoms with Crippen molar-refractivity contribution in [1.29, 1.82) is 0 Å². The fourth-order valence-electron chi connectivity index (χ4n) is 1.47. The van der Waals surface area contributed by atoms with E-state index in [1.165, 1.54) is 0 Å². The highest BCUT2D eigenvalue weighted by Gasteiger charge is 2.07. The summed E-state index contributed by atoms with van der Waals surface area (Å²) >= 11 is 3.53. The lowest BCUT2D eigenvalue weighted by atomic mass is 10.1. The van der Waals surface area contributed by atoms with E-state index < -0.39 is 0 Å². The molecule has 0 N–H and O–H groups in total. The Morgan fingerprint density at radius 2 is 1.88 bits per heavy atom. The van der Waals surface area contributed by atoms with Gasteiger partial charge in [0.2, 0.25) is 0 Å². The molecule has 1 aromatic heterocycles. The maximum atomic E-state index is 4.56. The average molecular weight is 277 g/mol. The summed E-state index contributed by atoms with van der Waals surface area (Å²) < 4.78 is 1.06. The molecule has 0 unspecified atom stereocenters. The smallest absolute Gasteiger partial charge is 0.131 e. The molecular formula is C13H13BrN2. The van der Waals surface area contributed by atoms with Gasteiger partial charge in [0.05, 0.1) is 5.69 Å². The van der Waals surface area contributed by atoms with Crippen LogP contribution in [-0.4, -0.2) is 9.97 Å². The van der Waals surface area contributed by atoms with Crippen LogP contribution in [-0.2, 0) is 0 Å². The van der Waals surface area contributed by atoms with Crippen LogP contribution in [0.25, 0.3) is 11.3 Å². The van der Waals surface area contributed by atoms with Gasteiger partial charge in [-0.1, -0.05) is 48.0 Å². The fraction of sp³-hybridized carbons (Fsp3) is 0.231. The van der Waals surface area contributed by atoms with Gasteiger partial charge in [0.25, 0.3) is 0 Å². The molecule has 1 heterocycles. The number of hydrogen-bond acceptors (Lipinski definition) is 2. The van der Waals surface area contributed by atoms with Crippen molar-refractivity contribution in [2.75, 3.05) is 0 Å². The summed E-state index contributed by atoms with van der Waals surface area (Å²) in [7, 11) is 0. The molecule has 82 valence electrons. The molecule has 0 saturated heterocycles. The van der Waals surface area contributed by atoms with Crippen LogP contribution < -0.4 is 0 Å². The molecular weight excluding hydrogens is 264 g/mol. The van der Waals surface area contributed by atoms with Crippen LogP contribution in [0.5, 0.6) is 0 Å². The quantitative estimate of drug-likeness (QED) is 0.828. The zero-order chi connectivity index (χ0) is 11.5. The van der Waals surface area contributed by atoms with E-state index >= 15 is 0 Å². The van der Waals surface area contributed by atoms with Crippen LogP contribution in [0.4, 0.5) is 0 Å². The third-order valence-corrected chi connectivity index (χ3v) is 3.03. The van der Waals surface area contributed by atoms with Crippen LogP contribution in [0.1, 0.15) is 25.6 Å². The van der Waals surface area contributed by atoms with Gasteiger partial charge < -0.3 is 0 Å². The molecule has 1 aromatic carbocycles. The number of halogens is 1. The SMILES string of the molecule is CC(C)c1nccc(-c2ccccc2Br)n1. The third kappa shape index (κ3) is 2.30. The number of benzene rings is 1. The van der Waals surface area contributed by atoms with Crippen molar-refractivity contribution in [3.63, 3.8) is 0 Å². The van der Waals surface area contributed by atoms with E-state index in [0.717, 1.165) is 21.6 Å². The lowest BCUT2D eigenvalue weighted by Gasteiger charge is -2.07. The maximum Gasteiger partial charge on any atom is 0.131 e. The van der Waals surface area contributed by atoms with E-state index in [9.17, 15) is 0 Å². The molecule has 0 saturated carbocycles. The topological polar surface area (TPSA) is 25.8 Å². The van der Waals surface area contributed by atoms with Gasteiger partial charge >= 0.3 is 0 Å². The predicted molar refractivity (Wildman–Crippen MR) is 69.3 cm³/mol. The molecule has 0 radical (unpaired) electrons. The van der Waals surface area contributed by atoms with Gasteiger partial charge in [0, 0.05) is 22.2 Å². The summed E-state index contributed by atoms with van der Waals surface area (Å²) in [6.07, 6.45) is 1.82. The third-order valence-electron chi connectivity index (χ3n) is 2.34. The van der Waals surface area contributed by atoms with Crippen molar-refractivity contribution in [2.45, 2.75) is 19.8 Å². The molecule has 2 aromatic rings. The molecule has 0 aliphatic carbocycles. The first kappa shape index (κ1) is 11.3. The van der Waals surface area contributed by atoms with Gasteiger partial charge in [-0.05, 0) is 12.1 Å². The highest BCUT2D eigenvalue weighted by atomic mass is 79.9. The van der Waals surface area contributed by atoms with Crippen LogP contribution >= 0.6 is 15.9 Å². The molecule has 2 nitrogen and oxygen atoms in total. The number of aromatic nitrogens is 2. The molecule has 0 aliphatic rings. The predicted octanol–water partition coefficient (Wildman–Crippen LogP) is 4.03. The first-order chi connectivity index (χ1) is 7.68. The van der Waals surface area contributed by atoms with Crippen LogP contribution in [0.3, 0.4) is 0 Å². The molecule has 2 rings (SSSR count). The normalized spacial score (nSPS) is 10.8. The molecule has 3 heteroatoms. The van der Waals surface area contributed by atoms with Crippen molar-refractivity contribution >= 4 is 15.9 Å². The summed E-state index contributed by atoms with van der Waals surface area (Å²) in [4.78, 5) is 8.83. The Morgan fingerprint density at radius 1 is 1.12 bits per heavy atom. The minimum atomic E-state index is 0.349. The highest BCUT2D eigenvalue weighted by Crippen LogP contribution is 2.26. The standard InChI is InChI=1S/C13H13BrN2/c1-9(2)13-15-8-7-12(16-13)10-5-3-4-6-11(10)14/h3-9H,1-2H3. The summed E-state index contributed by atoms with van der Waals surface area (Å²) in [5, 5.41) is 0. The summed E-state index contributed by atoms with van der Waals surface area (Å²) in [6, 6.07) is 10.0. The van der Waals surface area contributed by atoms with Crippen LogP contribution in [0, 0.1) is 0 Å². The van der Waals surface area contributed by atoms with Crippen LogP contribution in [0.2, 0.25) is 0 Å². The Morgan fingerprint density at radius 3 is 2.56 bits per heavy atom. The van der Waals surface area contributed by atoms with Crippen molar-refractivity contribution in [3.05, 3.63) is 46.8 Å². The average Bonchev–Trinajstić information content (AvgIpc) is 2.30. The Balaban J connectivity index is 2.49. The first-order valence-electron chi connectivity index (χ1n) is 5.26. The summed E-state index contributed by atoms with van der Waals surface area (Å²) in [5.41, 5.74) is 2.07. The first-order valence-corrected chi connectivity index (χ1v) is 6.05. The second-order valence-electron chi connectivity index (χ2n) is 3.93. The molecule has 16 heavy (non-hydrogen) atoms. The fourth-order valence-corrected chi connectivity index (χ4v) is 1.96. The van der Waals surface area contributed by atoms with Gasteiger partial charge in [0.15, 0.2) is 0 Å². The molecule has 0 bridgehead atoms. The van der Waals surface area contributed by atoms with Gasteiger partial charge in [0.1, 0.15) is 5.82 Å². The summed E-state index contributed by atoms with van der Waals surface area (Å²) in [5.74, 6) is 1.23. The molecule has 0 amide bonds. The van der Waals surface area contributed by atoms with Crippen molar-refractivity contribution < 1.29 is 0 Å². The monoisotopic (exact) mass is 276 g/mol. The van der Waals surface area contributed by atoms with E-state index in [0.29, 0.717) is 5.92 Å². The van der Waals surface area contributed by atoms with E-state index in [2.05, 4.69) is 45.8 Å². The Bertz CT molecular complexity index is 495. The molecule has 0 atom stereocenters. The number of hydrogen-bond donors (Lipinski definition) is 0. The molecule has 0 aliphatic heterocycles.